The minimum absolute atomic E-state index is 0.0532. The van der Waals surface area contributed by atoms with Crippen molar-refractivity contribution in [3.05, 3.63) is 11.2 Å². The molecule has 0 amide bonds. The molecule has 1 unspecified atom stereocenters. The van der Waals surface area contributed by atoms with Gasteiger partial charge in [0.1, 0.15) is 11.3 Å². The van der Waals surface area contributed by atoms with E-state index in [2.05, 4.69) is 60.8 Å². The van der Waals surface area contributed by atoms with Crippen LogP contribution >= 0.6 is 23.5 Å². The van der Waals surface area contributed by atoms with Crippen LogP contribution in [0.25, 0.3) is 0 Å². The third kappa shape index (κ3) is 2.58. The second-order valence-electron chi connectivity index (χ2n) is 7.84. The average Bonchev–Trinajstić information content (AvgIpc) is 2.69. The molecular formula is C15H25NOS2. The predicted molar refractivity (Wildman–Crippen MR) is 87.5 cm³/mol. The molecule has 4 heteroatoms. The summed E-state index contributed by atoms with van der Waals surface area (Å²) in [5.74, 6) is 1.07. The monoisotopic (exact) mass is 299 g/mol. The molecule has 0 aromatic rings. The highest BCUT2D eigenvalue weighted by molar-refractivity contribution is 8.27. The summed E-state index contributed by atoms with van der Waals surface area (Å²) in [6, 6.07) is 0. The molecule has 0 aromatic carbocycles. The van der Waals surface area contributed by atoms with Crippen LogP contribution < -0.4 is 0 Å². The molecular weight excluding hydrogens is 274 g/mol. The molecule has 0 bridgehead atoms. The molecule has 2 heterocycles. The van der Waals surface area contributed by atoms with Crippen LogP contribution in [0.4, 0.5) is 0 Å². The van der Waals surface area contributed by atoms with Gasteiger partial charge in [0.15, 0.2) is 0 Å². The topological polar surface area (TPSA) is 21.6 Å². The van der Waals surface area contributed by atoms with E-state index in [0.717, 1.165) is 5.76 Å². The first-order chi connectivity index (χ1) is 8.37. The Kier molecular flexibility index (Phi) is 3.38. The van der Waals surface area contributed by atoms with Crippen molar-refractivity contribution in [2.45, 2.75) is 65.2 Å². The van der Waals surface area contributed by atoms with E-state index in [1.165, 1.54) is 5.04 Å². The normalized spacial score (nSPS) is 30.3. The minimum atomic E-state index is -0.321. The smallest absolute Gasteiger partial charge is 0.235 e. The standard InChI is InChI=1S/C15H25NOS2/c1-12(2,3)10-9-18-15(17-10)14(7,8)16-11(19-15)13(4,5)6/h9H,1-8H3. The maximum Gasteiger partial charge on any atom is 0.235 e. The summed E-state index contributed by atoms with van der Waals surface area (Å²) in [6.45, 7) is 17.6. The molecule has 0 saturated heterocycles. The maximum atomic E-state index is 6.39. The Bertz CT molecular complexity index is 448. The number of aliphatic imine (C=N–C) groups is 1. The quantitative estimate of drug-likeness (QED) is 0.609. The number of allylic oxidation sites excluding steroid dienone is 1. The molecule has 2 aliphatic rings. The number of rotatable bonds is 0. The molecule has 0 saturated carbocycles. The fourth-order valence-electron chi connectivity index (χ4n) is 1.89. The minimum Gasteiger partial charge on any atom is -0.467 e. The van der Waals surface area contributed by atoms with Gasteiger partial charge in [-0.15, -0.1) is 0 Å². The van der Waals surface area contributed by atoms with Crippen molar-refractivity contribution in [1.82, 2.24) is 0 Å². The summed E-state index contributed by atoms with van der Waals surface area (Å²) in [5.41, 5.74) is -0.0775. The van der Waals surface area contributed by atoms with Gasteiger partial charge < -0.3 is 4.74 Å². The zero-order chi connectivity index (χ0) is 14.7. The zero-order valence-corrected chi connectivity index (χ0v) is 14.9. The number of hydrogen-bond acceptors (Lipinski definition) is 4. The Morgan fingerprint density at radius 2 is 1.63 bits per heavy atom. The third-order valence-corrected chi connectivity index (χ3v) is 6.82. The van der Waals surface area contributed by atoms with Gasteiger partial charge in [0.05, 0.1) is 5.04 Å². The second kappa shape index (κ2) is 4.20. The van der Waals surface area contributed by atoms with Crippen LogP contribution in [0.2, 0.25) is 0 Å². The van der Waals surface area contributed by atoms with Crippen molar-refractivity contribution < 1.29 is 4.74 Å². The fraction of sp³-hybridized carbons (Fsp3) is 0.800. The van der Waals surface area contributed by atoms with E-state index in [0.29, 0.717) is 0 Å². The molecule has 19 heavy (non-hydrogen) atoms. The average molecular weight is 300 g/mol. The number of thioether (sulfide) groups is 2. The van der Waals surface area contributed by atoms with E-state index >= 15 is 0 Å². The Labute approximate surface area is 125 Å². The van der Waals surface area contributed by atoms with Gasteiger partial charge in [-0.1, -0.05) is 53.3 Å². The van der Waals surface area contributed by atoms with Gasteiger partial charge in [-0.05, 0) is 25.6 Å². The van der Waals surface area contributed by atoms with Crippen molar-refractivity contribution in [3.63, 3.8) is 0 Å². The molecule has 2 rings (SSSR count). The van der Waals surface area contributed by atoms with Crippen LogP contribution in [0.1, 0.15) is 55.4 Å². The number of hydrogen-bond donors (Lipinski definition) is 0. The van der Waals surface area contributed by atoms with E-state index < -0.39 is 0 Å². The summed E-state index contributed by atoms with van der Waals surface area (Å²) in [5, 5.41) is 3.36. The third-order valence-electron chi connectivity index (χ3n) is 3.31. The lowest BCUT2D eigenvalue weighted by molar-refractivity contribution is 0.0802. The maximum absolute atomic E-state index is 6.39. The Morgan fingerprint density at radius 1 is 1.05 bits per heavy atom. The zero-order valence-electron chi connectivity index (χ0n) is 13.2. The van der Waals surface area contributed by atoms with Crippen molar-refractivity contribution in [2.24, 2.45) is 15.8 Å². The van der Waals surface area contributed by atoms with E-state index in [1.807, 2.05) is 0 Å². The van der Waals surface area contributed by atoms with Crippen molar-refractivity contribution in [2.75, 3.05) is 0 Å². The summed E-state index contributed by atoms with van der Waals surface area (Å²) >= 11 is 3.57. The molecule has 2 aliphatic heterocycles. The Hall–Kier alpha value is -0.0900. The Morgan fingerprint density at radius 3 is 2.00 bits per heavy atom. The summed E-state index contributed by atoms with van der Waals surface area (Å²) in [6.07, 6.45) is 0. The van der Waals surface area contributed by atoms with E-state index in [4.69, 9.17) is 9.73 Å². The first-order valence-electron chi connectivity index (χ1n) is 6.74. The molecule has 1 atom stereocenters. The van der Waals surface area contributed by atoms with Gasteiger partial charge in [0.2, 0.25) is 4.27 Å². The molecule has 0 aliphatic carbocycles. The van der Waals surface area contributed by atoms with E-state index in [9.17, 15) is 0 Å². The SMILES string of the molecule is CC(C)(C)C1=CSC2(O1)SC(C(C)(C)C)=NC2(C)C. The first-order valence-corrected chi connectivity index (χ1v) is 8.44. The van der Waals surface area contributed by atoms with Crippen molar-refractivity contribution >= 4 is 28.6 Å². The van der Waals surface area contributed by atoms with Crippen LogP contribution in [0.15, 0.2) is 16.2 Å². The Balaban J connectivity index is 2.27. The molecule has 0 aromatic heterocycles. The summed E-state index contributed by atoms with van der Waals surface area (Å²) in [4.78, 5) is 4.94. The molecule has 0 N–H and O–H groups in total. The van der Waals surface area contributed by atoms with Crippen LogP contribution in [-0.4, -0.2) is 14.8 Å². The predicted octanol–water partition coefficient (Wildman–Crippen LogP) is 5.26. The van der Waals surface area contributed by atoms with Crippen LogP contribution in [0.3, 0.4) is 0 Å². The van der Waals surface area contributed by atoms with E-state index in [1.54, 1.807) is 23.5 Å². The van der Waals surface area contributed by atoms with Crippen molar-refractivity contribution in [1.29, 1.82) is 0 Å². The van der Waals surface area contributed by atoms with Gasteiger partial charge in [0, 0.05) is 16.2 Å². The van der Waals surface area contributed by atoms with Crippen LogP contribution in [0, 0.1) is 10.8 Å². The highest BCUT2D eigenvalue weighted by Crippen LogP contribution is 2.61. The highest BCUT2D eigenvalue weighted by atomic mass is 32.2. The van der Waals surface area contributed by atoms with Gasteiger partial charge in [-0.2, -0.15) is 0 Å². The van der Waals surface area contributed by atoms with Gasteiger partial charge >= 0.3 is 0 Å². The fourth-order valence-corrected chi connectivity index (χ4v) is 4.86. The van der Waals surface area contributed by atoms with Gasteiger partial charge in [-0.25, -0.2) is 0 Å². The second-order valence-corrected chi connectivity index (χ2v) is 10.3. The highest BCUT2D eigenvalue weighted by Gasteiger charge is 2.58. The molecule has 2 nitrogen and oxygen atoms in total. The summed E-state index contributed by atoms with van der Waals surface area (Å²) < 4.78 is 6.07. The van der Waals surface area contributed by atoms with Crippen LogP contribution in [0.5, 0.6) is 0 Å². The lowest BCUT2D eigenvalue weighted by atomic mass is 9.94. The molecule has 108 valence electrons. The summed E-state index contributed by atoms with van der Waals surface area (Å²) in [7, 11) is 0. The molecule has 1 spiro atoms. The number of ether oxygens (including phenoxy) is 1. The first kappa shape index (κ1) is 15.3. The van der Waals surface area contributed by atoms with Crippen molar-refractivity contribution in [3.8, 4) is 0 Å². The largest absolute Gasteiger partial charge is 0.467 e. The van der Waals surface area contributed by atoms with E-state index in [-0.39, 0.29) is 20.6 Å². The molecule has 0 radical (unpaired) electrons. The number of nitrogens with zero attached hydrogens (tertiary/aromatic N) is 1. The lowest BCUT2D eigenvalue weighted by Gasteiger charge is -2.35. The molecule has 0 fully saturated rings. The van der Waals surface area contributed by atoms with Gasteiger partial charge in [-0.3, -0.25) is 4.99 Å². The van der Waals surface area contributed by atoms with Crippen LogP contribution in [-0.2, 0) is 4.74 Å². The lowest BCUT2D eigenvalue weighted by Crippen LogP contribution is -2.41. The van der Waals surface area contributed by atoms with Gasteiger partial charge in [0.25, 0.3) is 0 Å².